The number of hydrogen-bond acceptors (Lipinski definition) is 4. The first-order valence-electron chi connectivity index (χ1n) is 7.94. The van der Waals surface area contributed by atoms with Crippen LogP contribution in [0.4, 0.5) is 0 Å². The van der Waals surface area contributed by atoms with E-state index in [9.17, 15) is 4.79 Å². The van der Waals surface area contributed by atoms with E-state index in [2.05, 4.69) is 20.2 Å². The van der Waals surface area contributed by atoms with Crippen LogP contribution in [0.2, 0.25) is 0 Å². The second-order valence-electron chi connectivity index (χ2n) is 6.11. The molecular weight excluding hydrogens is 278 g/mol. The van der Waals surface area contributed by atoms with Gasteiger partial charge in [-0.05, 0) is 38.2 Å². The van der Waals surface area contributed by atoms with Crippen LogP contribution < -0.4 is 0 Å². The van der Waals surface area contributed by atoms with Crippen molar-refractivity contribution in [2.24, 2.45) is 0 Å². The summed E-state index contributed by atoms with van der Waals surface area (Å²) in [6, 6.07) is 1.95. The number of fused-ring (bicyclic) bond motifs is 1. The molecule has 2 aromatic rings. The van der Waals surface area contributed by atoms with Gasteiger partial charge in [0.2, 0.25) is 0 Å². The topological polar surface area (TPSA) is 74.8 Å². The largest absolute Gasteiger partial charge is 0.337 e. The van der Waals surface area contributed by atoms with Crippen molar-refractivity contribution < 1.29 is 4.79 Å². The lowest BCUT2D eigenvalue weighted by Crippen LogP contribution is -2.39. The number of nitrogens with one attached hydrogen (secondary N) is 1. The molecule has 3 heterocycles. The van der Waals surface area contributed by atoms with Crippen LogP contribution in [0.25, 0.3) is 0 Å². The van der Waals surface area contributed by atoms with Gasteiger partial charge >= 0.3 is 0 Å². The third-order valence-corrected chi connectivity index (χ3v) is 4.74. The lowest BCUT2D eigenvalue weighted by Gasteiger charge is -2.32. The number of nitrogens with zero attached hydrogens (tertiary/aromatic N) is 4. The van der Waals surface area contributed by atoms with E-state index in [4.69, 9.17) is 0 Å². The number of aryl methyl sites for hydroxylation is 1. The quantitative estimate of drug-likeness (QED) is 0.915. The normalized spacial score (nSPS) is 20.9. The lowest BCUT2D eigenvalue weighted by atomic mass is 9.94. The van der Waals surface area contributed by atoms with Gasteiger partial charge in [-0.1, -0.05) is 0 Å². The zero-order valence-electron chi connectivity index (χ0n) is 12.5. The Balaban J connectivity index is 1.53. The molecular formula is C16H19N5O. The molecule has 0 unspecified atom stereocenters. The zero-order chi connectivity index (χ0) is 14.9. The van der Waals surface area contributed by atoms with Crippen molar-refractivity contribution in [2.45, 2.75) is 38.0 Å². The molecule has 1 saturated heterocycles. The molecule has 22 heavy (non-hydrogen) atoms. The van der Waals surface area contributed by atoms with Crippen LogP contribution in [0.15, 0.2) is 18.6 Å². The lowest BCUT2D eigenvalue weighted by molar-refractivity contribution is 0.0698. The summed E-state index contributed by atoms with van der Waals surface area (Å²) in [5, 5.41) is 7.30. The van der Waals surface area contributed by atoms with Crippen molar-refractivity contribution in [3.8, 4) is 0 Å². The number of carbonyl (C=O) groups is 1. The first-order valence-corrected chi connectivity index (χ1v) is 7.94. The fourth-order valence-electron chi connectivity index (χ4n) is 3.59. The molecule has 1 N–H and O–H groups in total. The van der Waals surface area contributed by atoms with E-state index < -0.39 is 0 Å². The number of H-pyrrole nitrogens is 1. The number of amides is 1. The summed E-state index contributed by atoms with van der Waals surface area (Å²) in [7, 11) is 0. The smallest absolute Gasteiger partial charge is 0.274 e. The van der Waals surface area contributed by atoms with E-state index in [0.29, 0.717) is 11.6 Å². The Kier molecular flexibility index (Phi) is 3.36. The van der Waals surface area contributed by atoms with Gasteiger partial charge in [0.1, 0.15) is 6.33 Å². The third kappa shape index (κ3) is 2.28. The van der Waals surface area contributed by atoms with Crippen LogP contribution in [-0.2, 0) is 12.8 Å². The second-order valence-corrected chi connectivity index (χ2v) is 6.11. The molecule has 0 radical (unpaired) electrons. The van der Waals surface area contributed by atoms with Crippen molar-refractivity contribution >= 4 is 5.91 Å². The third-order valence-electron chi connectivity index (χ3n) is 4.74. The Morgan fingerprint density at radius 2 is 2.27 bits per heavy atom. The molecule has 0 saturated carbocycles. The number of hydrogen-bond donors (Lipinski definition) is 1. The molecule has 4 rings (SSSR count). The first kappa shape index (κ1) is 13.4. The Bertz CT molecular complexity index is 681. The molecule has 1 atom stereocenters. The van der Waals surface area contributed by atoms with Gasteiger partial charge in [0.05, 0.1) is 0 Å². The molecule has 114 valence electrons. The Hall–Kier alpha value is -2.24. The number of aromatic nitrogens is 4. The maximum atomic E-state index is 12.8. The van der Waals surface area contributed by atoms with E-state index in [-0.39, 0.29) is 5.91 Å². The Labute approximate surface area is 129 Å². The highest BCUT2D eigenvalue weighted by Gasteiger charge is 2.30. The summed E-state index contributed by atoms with van der Waals surface area (Å²) >= 11 is 0. The number of aromatic amines is 1. The van der Waals surface area contributed by atoms with Gasteiger partial charge in [-0.2, -0.15) is 5.10 Å². The minimum absolute atomic E-state index is 0.0677. The molecule has 0 spiro atoms. The average molecular weight is 297 g/mol. The Morgan fingerprint density at radius 1 is 1.32 bits per heavy atom. The van der Waals surface area contributed by atoms with Gasteiger partial charge < -0.3 is 4.90 Å². The molecule has 1 aliphatic heterocycles. The summed E-state index contributed by atoms with van der Waals surface area (Å²) in [5.41, 5.74) is 3.94. The van der Waals surface area contributed by atoms with Crippen molar-refractivity contribution in [1.29, 1.82) is 0 Å². The van der Waals surface area contributed by atoms with Crippen molar-refractivity contribution in [3.05, 3.63) is 41.2 Å². The SMILES string of the molecule is O=C(c1n[nH]c2c1CCC2)N1CCC[C@@H](c2ccncn2)C1. The van der Waals surface area contributed by atoms with E-state index in [0.717, 1.165) is 62.1 Å². The van der Waals surface area contributed by atoms with Crippen molar-refractivity contribution in [1.82, 2.24) is 25.1 Å². The second kappa shape index (κ2) is 5.51. The fourth-order valence-corrected chi connectivity index (χ4v) is 3.59. The molecule has 6 nitrogen and oxygen atoms in total. The standard InChI is InChI=1S/C16H19N5O/c22-16(15-12-4-1-5-14(12)19-20-15)21-8-2-3-11(9-21)13-6-7-17-10-18-13/h6-7,10-11H,1-5,8-9H2,(H,19,20)/t11-/m1/s1. The number of piperidine rings is 1. The van der Waals surface area contributed by atoms with Gasteiger partial charge in [-0.25, -0.2) is 9.97 Å². The Morgan fingerprint density at radius 3 is 3.14 bits per heavy atom. The number of rotatable bonds is 2. The molecule has 1 aliphatic carbocycles. The molecule has 0 bridgehead atoms. The van der Waals surface area contributed by atoms with Gasteiger partial charge in [-0.3, -0.25) is 9.89 Å². The van der Waals surface area contributed by atoms with Gasteiger partial charge in [0.15, 0.2) is 5.69 Å². The highest BCUT2D eigenvalue weighted by atomic mass is 16.2. The number of likely N-dealkylation sites (tertiary alicyclic amines) is 1. The predicted molar refractivity (Wildman–Crippen MR) is 80.5 cm³/mol. The minimum atomic E-state index is 0.0677. The maximum Gasteiger partial charge on any atom is 0.274 e. The summed E-state index contributed by atoms with van der Waals surface area (Å²) in [6.45, 7) is 1.53. The highest BCUT2D eigenvalue weighted by molar-refractivity contribution is 5.94. The highest BCUT2D eigenvalue weighted by Crippen LogP contribution is 2.28. The average Bonchev–Trinajstić information content (AvgIpc) is 3.18. The molecule has 2 aliphatic rings. The first-order chi connectivity index (χ1) is 10.8. The number of carbonyl (C=O) groups excluding carboxylic acids is 1. The van der Waals surface area contributed by atoms with E-state index in [1.54, 1.807) is 12.5 Å². The van der Waals surface area contributed by atoms with Crippen LogP contribution in [0.1, 0.15) is 52.6 Å². The summed E-state index contributed by atoms with van der Waals surface area (Å²) in [5.74, 6) is 0.367. The molecule has 1 amide bonds. The molecule has 1 fully saturated rings. The van der Waals surface area contributed by atoms with Crippen molar-refractivity contribution in [3.63, 3.8) is 0 Å². The van der Waals surface area contributed by atoms with Crippen LogP contribution in [0.5, 0.6) is 0 Å². The van der Waals surface area contributed by atoms with E-state index in [1.807, 2.05) is 11.0 Å². The predicted octanol–water partition coefficient (Wildman–Crippen LogP) is 1.71. The summed E-state index contributed by atoms with van der Waals surface area (Å²) in [6.07, 6.45) is 8.52. The fraction of sp³-hybridized carbons (Fsp3) is 0.500. The van der Waals surface area contributed by atoms with Gasteiger partial charge in [0, 0.05) is 42.2 Å². The van der Waals surface area contributed by atoms with Crippen LogP contribution in [-0.4, -0.2) is 44.1 Å². The molecule has 6 heteroatoms. The molecule has 0 aromatic carbocycles. The summed E-state index contributed by atoms with van der Waals surface area (Å²) in [4.78, 5) is 23.1. The van der Waals surface area contributed by atoms with E-state index >= 15 is 0 Å². The minimum Gasteiger partial charge on any atom is -0.337 e. The summed E-state index contributed by atoms with van der Waals surface area (Å²) < 4.78 is 0. The van der Waals surface area contributed by atoms with Crippen molar-refractivity contribution in [2.75, 3.05) is 13.1 Å². The molecule has 2 aromatic heterocycles. The van der Waals surface area contributed by atoms with Gasteiger partial charge in [-0.15, -0.1) is 0 Å². The van der Waals surface area contributed by atoms with Crippen LogP contribution >= 0.6 is 0 Å². The van der Waals surface area contributed by atoms with Crippen LogP contribution in [0.3, 0.4) is 0 Å². The van der Waals surface area contributed by atoms with Gasteiger partial charge in [0.25, 0.3) is 5.91 Å². The maximum absolute atomic E-state index is 12.8. The van der Waals surface area contributed by atoms with E-state index in [1.165, 1.54) is 0 Å². The van der Waals surface area contributed by atoms with Crippen LogP contribution in [0, 0.1) is 0 Å². The monoisotopic (exact) mass is 297 g/mol. The zero-order valence-corrected chi connectivity index (χ0v) is 12.5.